The normalized spacial score (nSPS) is 16.9. The number of hydrogen-bond acceptors (Lipinski definition) is 3. The molecule has 1 aromatic carbocycles. The van der Waals surface area contributed by atoms with Crippen LogP contribution in [-0.2, 0) is 13.0 Å². The number of likely N-dealkylation sites (tertiary alicyclic amines) is 1. The Bertz CT molecular complexity index is 724. The zero-order chi connectivity index (χ0) is 15.5. The van der Waals surface area contributed by atoms with Gasteiger partial charge in [-0.3, -0.25) is 4.90 Å². The van der Waals surface area contributed by atoms with Gasteiger partial charge < -0.3 is 4.98 Å². The number of pyridine rings is 1. The van der Waals surface area contributed by atoms with E-state index in [2.05, 4.69) is 50.2 Å². The molecular formula is C19H22N4. The predicted octanol–water partition coefficient (Wildman–Crippen LogP) is 3.41. The number of hydrogen-bond donors (Lipinski definition) is 1. The lowest BCUT2D eigenvalue weighted by Crippen LogP contribution is -2.34. The minimum Gasteiger partial charge on any atom is -0.340 e. The highest BCUT2D eigenvalue weighted by atomic mass is 15.2. The quantitative estimate of drug-likeness (QED) is 0.803. The molecule has 4 nitrogen and oxygen atoms in total. The third-order valence-corrected chi connectivity index (χ3v) is 4.75. The van der Waals surface area contributed by atoms with Crippen molar-refractivity contribution in [2.45, 2.75) is 25.8 Å². The monoisotopic (exact) mass is 306 g/mol. The van der Waals surface area contributed by atoms with E-state index in [4.69, 9.17) is 0 Å². The SMILES string of the molecule is c1ccc(CC2CCN(Cc3nc4ncccc4[nH]3)CC2)cc1. The maximum absolute atomic E-state index is 4.59. The van der Waals surface area contributed by atoms with Gasteiger partial charge in [-0.1, -0.05) is 30.3 Å². The van der Waals surface area contributed by atoms with Crippen molar-refractivity contribution >= 4 is 11.2 Å². The number of imidazole rings is 1. The Morgan fingerprint density at radius 2 is 1.87 bits per heavy atom. The summed E-state index contributed by atoms with van der Waals surface area (Å²) in [5, 5.41) is 0. The Hall–Kier alpha value is -2.20. The molecule has 0 unspecified atom stereocenters. The van der Waals surface area contributed by atoms with Gasteiger partial charge in [0, 0.05) is 6.20 Å². The molecule has 4 rings (SSSR count). The molecule has 0 bridgehead atoms. The van der Waals surface area contributed by atoms with Crippen molar-refractivity contribution in [2.75, 3.05) is 13.1 Å². The zero-order valence-corrected chi connectivity index (χ0v) is 13.3. The van der Waals surface area contributed by atoms with Crippen LogP contribution < -0.4 is 0 Å². The molecule has 3 aromatic rings. The number of benzene rings is 1. The highest BCUT2D eigenvalue weighted by Gasteiger charge is 2.20. The first-order valence-corrected chi connectivity index (χ1v) is 8.43. The third kappa shape index (κ3) is 3.42. The Labute approximate surface area is 136 Å². The Morgan fingerprint density at radius 1 is 1.04 bits per heavy atom. The van der Waals surface area contributed by atoms with Crippen LogP contribution in [0.25, 0.3) is 11.2 Å². The number of fused-ring (bicyclic) bond motifs is 1. The second-order valence-corrected chi connectivity index (χ2v) is 6.47. The molecule has 3 heterocycles. The van der Waals surface area contributed by atoms with Crippen molar-refractivity contribution in [1.29, 1.82) is 0 Å². The van der Waals surface area contributed by atoms with Crippen molar-refractivity contribution in [3.05, 3.63) is 60.0 Å². The van der Waals surface area contributed by atoms with Crippen molar-refractivity contribution < 1.29 is 0 Å². The van der Waals surface area contributed by atoms with Gasteiger partial charge in [-0.2, -0.15) is 0 Å². The molecule has 0 saturated carbocycles. The molecule has 0 amide bonds. The number of aromatic nitrogens is 3. The van der Waals surface area contributed by atoms with Gasteiger partial charge >= 0.3 is 0 Å². The zero-order valence-electron chi connectivity index (χ0n) is 13.3. The van der Waals surface area contributed by atoms with Gasteiger partial charge in [0.1, 0.15) is 5.82 Å². The van der Waals surface area contributed by atoms with Gasteiger partial charge in [-0.15, -0.1) is 0 Å². The van der Waals surface area contributed by atoms with Gasteiger partial charge in [-0.25, -0.2) is 9.97 Å². The summed E-state index contributed by atoms with van der Waals surface area (Å²) in [5.41, 5.74) is 3.32. The van der Waals surface area contributed by atoms with Gasteiger partial charge in [-0.05, 0) is 56.0 Å². The van der Waals surface area contributed by atoms with Crippen LogP contribution in [0.2, 0.25) is 0 Å². The van der Waals surface area contributed by atoms with Crippen molar-refractivity contribution in [2.24, 2.45) is 5.92 Å². The Morgan fingerprint density at radius 3 is 2.65 bits per heavy atom. The molecule has 1 N–H and O–H groups in total. The van der Waals surface area contributed by atoms with Gasteiger partial charge in [0.15, 0.2) is 5.65 Å². The van der Waals surface area contributed by atoms with Gasteiger partial charge in [0.2, 0.25) is 0 Å². The van der Waals surface area contributed by atoms with E-state index >= 15 is 0 Å². The van der Waals surface area contributed by atoms with E-state index in [1.807, 2.05) is 12.1 Å². The predicted molar refractivity (Wildman–Crippen MR) is 92.0 cm³/mol. The molecule has 0 aliphatic carbocycles. The van der Waals surface area contributed by atoms with E-state index in [9.17, 15) is 0 Å². The molecule has 2 aromatic heterocycles. The number of rotatable bonds is 4. The maximum Gasteiger partial charge on any atom is 0.177 e. The van der Waals surface area contributed by atoms with E-state index in [0.29, 0.717) is 0 Å². The van der Waals surface area contributed by atoms with Gasteiger partial charge in [0.25, 0.3) is 0 Å². The van der Waals surface area contributed by atoms with Crippen LogP contribution >= 0.6 is 0 Å². The average molecular weight is 306 g/mol. The molecule has 1 fully saturated rings. The Kier molecular flexibility index (Phi) is 4.07. The number of aromatic amines is 1. The summed E-state index contributed by atoms with van der Waals surface area (Å²) < 4.78 is 0. The molecule has 4 heteroatoms. The fourth-order valence-electron chi connectivity index (χ4n) is 3.48. The number of nitrogens with zero attached hydrogens (tertiary/aromatic N) is 3. The van der Waals surface area contributed by atoms with Crippen LogP contribution in [0.1, 0.15) is 24.2 Å². The highest BCUT2D eigenvalue weighted by Crippen LogP contribution is 2.22. The lowest BCUT2D eigenvalue weighted by atomic mass is 9.90. The summed E-state index contributed by atoms with van der Waals surface area (Å²) in [6.07, 6.45) is 5.55. The fourth-order valence-corrected chi connectivity index (χ4v) is 3.48. The number of piperidine rings is 1. The minimum atomic E-state index is 0.811. The third-order valence-electron chi connectivity index (χ3n) is 4.75. The van der Waals surface area contributed by atoms with Crippen molar-refractivity contribution in [3.8, 4) is 0 Å². The smallest absolute Gasteiger partial charge is 0.177 e. The van der Waals surface area contributed by atoms with Crippen LogP contribution in [0, 0.1) is 5.92 Å². The van der Waals surface area contributed by atoms with E-state index in [1.54, 1.807) is 6.20 Å². The van der Waals surface area contributed by atoms with Crippen LogP contribution in [0.3, 0.4) is 0 Å². The molecule has 118 valence electrons. The number of H-pyrrole nitrogens is 1. The highest BCUT2D eigenvalue weighted by molar-refractivity contribution is 5.69. The van der Waals surface area contributed by atoms with E-state index in [0.717, 1.165) is 42.5 Å². The van der Waals surface area contributed by atoms with Crippen LogP contribution in [-0.4, -0.2) is 32.9 Å². The molecule has 1 aliphatic heterocycles. The van der Waals surface area contributed by atoms with Crippen LogP contribution in [0.4, 0.5) is 0 Å². The first-order chi connectivity index (χ1) is 11.4. The van der Waals surface area contributed by atoms with Crippen molar-refractivity contribution in [1.82, 2.24) is 19.9 Å². The summed E-state index contributed by atoms with van der Waals surface area (Å²) in [5.74, 6) is 1.84. The molecule has 1 aliphatic rings. The summed E-state index contributed by atoms with van der Waals surface area (Å²) in [6.45, 7) is 3.21. The molecule has 0 spiro atoms. The minimum absolute atomic E-state index is 0.811. The lowest BCUT2D eigenvalue weighted by molar-refractivity contribution is 0.174. The lowest BCUT2D eigenvalue weighted by Gasteiger charge is -2.31. The largest absolute Gasteiger partial charge is 0.340 e. The first kappa shape index (κ1) is 14.4. The number of nitrogens with one attached hydrogen (secondary N) is 1. The average Bonchev–Trinajstić information content (AvgIpc) is 3.00. The fraction of sp³-hybridized carbons (Fsp3) is 0.368. The first-order valence-electron chi connectivity index (χ1n) is 8.43. The summed E-state index contributed by atoms with van der Waals surface area (Å²) in [4.78, 5) is 14.8. The topological polar surface area (TPSA) is 44.8 Å². The molecule has 0 radical (unpaired) electrons. The maximum atomic E-state index is 4.59. The summed E-state index contributed by atoms with van der Waals surface area (Å²) >= 11 is 0. The van der Waals surface area contributed by atoms with Crippen LogP contribution in [0.5, 0.6) is 0 Å². The summed E-state index contributed by atoms with van der Waals surface area (Å²) in [7, 11) is 0. The summed E-state index contributed by atoms with van der Waals surface area (Å²) in [6, 6.07) is 14.8. The van der Waals surface area contributed by atoms with Gasteiger partial charge in [0.05, 0.1) is 12.1 Å². The molecule has 1 saturated heterocycles. The second-order valence-electron chi connectivity index (χ2n) is 6.47. The van der Waals surface area contributed by atoms with E-state index in [-0.39, 0.29) is 0 Å². The standard InChI is InChI=1S/C19H22N4/c1-2-5-15(6-3-1)13-16-8-11-23(12-9-16)14-18-21-17-7-4-10-20-19(17)22-18/h1-7,10,16H,8-9,11-14H2,(H,20,21,22). The van der Waals surface area contributed by atoms with Crippen LogP contribution in [0.15, 0.2) is 48.7 Å². The molecular weight excluding hydrogens is 284 g/mol. The molecule has 0 atom stereocenters. The molecule has 23 heavy (non-hydrogen) atoms. The van der Waals surface area contributed by atoms with Crippen molar-refractivity contribution in [3.63, 3.8) is 0 Å². The van der Waals surface area contributed by atoms with E-state index < -0.39 is 0 Å². The van der Waals surface area contributed by atoms with E-state index in [1.165, 1.54) is 24.8 Å². The second kappa shape index (κ2) is 6.50. The Balaban J connectivity index is 1.32.